The predicted octanol–water partition coefficient (Wildman–Crippen LogP) is 4.63. The lowest BCUT2D eigenvalue weighted by Gasteiger charge is -2.23. The van der Waals surface area contributed by atoms with Crippen LogP contribution in [-0.2, 0) is 6.42 Å². The van der Waals surface area contributed by atoms with Gasteiger partial charge in [-0.25, -0.2) is 4.79 Å². The lowest BCUT2D eigenvalue weighted by atomic mass is 10.1. The van der Waals surface area contributed by atoms with Gasteiger partial charge in [0, 0.05) is 22.4 Å². The molecule has 0 aromatic heterocycles. The summed E-state index contributed by atoms with van der Waals surface area (Å²) < 4.78 is 0. The largest absolute Gasteiger partial charge is 0.326 e. The summed E-state index contributed by atoms with van der Waals surface area (Å²) in [6, 6.07) is 13.6. The van der Waals surface area contributed by atoms with E-state index >= 15 is 0 Å². The molecule has 0 saturated carbocycles. The number of anilines is 2. The van der Waals surface area contributed by atoms with Crippen LogP contribution in [0.15, 0.2) is 42.5 Å². The number of carbonyl (C=O) groups excluding carboxylic acids is 1. The van der Waals surface area contributed by atoms with E-state index in [-0.39, 0.29) is 12.1 Å². The minimum Gasteiger partial charge on any atom is -0.307 e. The van der Waals surface area contributed by atoms with Crippen molar-refractivity contribution in [2.24, 2.45) is 0 Å². The van der Waals surface area contributed by atoms with Crippen LogP contribution < -0.4 is 10.2 Å². The highest BCUT2D eigenvalue weighted by Gasteiger charge is 2.30. The summed E-state index contributed by atoms with van der Waals surface area (Å²) in [5.41, 5.74) is 3.91. The molecule has 0 fully saturated rings. The standard InChI is InChI=1S/C17H17ClN2O/c1-11-7-8-14(10-15(11)18)19-17(21)20-12(2)9-13-5-3-4-6-16(13)20/h3-8,10,12H,9H2,1-2H3,(H,19,21). The minimum absolute atomic E-state index is 0.118. The zero-order valence-electron chi connectivity index (χ0n) is 12.1. The highest BCUT2D eigenvalue weighted by atomic mass is 35.5. The van der Waals surface area contributed by atoms with E-state index in [0.29, 0.717) is 10.7 Å². The lowest BCUT2D eigenvalue weighted by molar-refractivity contribution is 0.256. The molecule has 21 heavy (non-hydrogen) atoms. The first-order chi connectivity index (χ1) is 10.1. The third kappa shape index (κ3) is 2.61. The predicted molar refractivity (Wildman–Crippen MR) is 87.3 cm³/mol. The molecule has 1 unspecified atom stereocenters. The van der Waals surface area contributed by atoms with Crippen LogP contribution >= 0.6 is 11.6 Å². The SMILES string of the molecule is Cc1ccc(NC(=O)N2c3ccccc3CC2C)cc1Cl. The monoisotopic (exact) mass is 300 g/mol. The van der Waals surface area contributed by atoms with Crippen molar-refractivity contribution in [3.05, 3.63) is 58.6 Å². The van der Waals surface area contributed by atoms with Crippen molar-refractivity contribution in [3.8, 4) is 0 Å². The van der Waals surface area contributed by atoms with Crippen LogP contribution in [0.1, 0.15) is 18.1 Å². The van der Waals surface area contributed by atoms with Gasteiger partial charge in [-0.1, -0.05) is 35.9 Å². The summed E-state index contributed by atoms with van der Waals surface area (Å²) in [6.45, 7) is 3.99. The van der Waals surface area contributed by atoms with Gasteiger partial charge in [-0.05, 0) is 49.6 Å². The number of halogens is 1. The van der Waals surface area contributed by atoms with Crippen LogP contribution in [0.5, 0.6) is 0 Å². The number of nitrogens with one attached hydrogen (secondary N) is 1. The second-order valence-electron chi connectivity index (χ2n) is 5.45. The summed E-state index contributed by atoms with van der Waals surface area (Å²) in [5.74, 6) is 0. The molecule has 1 aliphatic rings. The van der Waals surface area contributed by atoms with Gasteiger partial charge in [0.1, 0.15) is 0 Å². The fourth-order valence-electron chi connectivity index (χ4n) is 2.73. The number of fused-ring (bicyclic) bond motifs is 1. The Balaban J connectivity index is 1.84. The highest BCUT2D eigenvalue weighted by Crippen LogP contribution is 2.32. The van der Waals surface area contributed by atoms with E-state index in [2.05, 4.69) is 18.3 Å². The molecule has 0 bridgehead atoms. The van der Waals surface area contributed by atoms with E-state index in [0.717, 1.165) is 17.7 Å². The summed E-state index contributed by atoms with van der Waals surface area (Å²) in [4.78, 5) is 14.4. The number of para-hydroxylation sites is 1. The lowest BCUT2D eigenvalue weighted by Crippen LogP contribution is -2.39. The van der Waals surface area contributed by atoms with Crippen LogP contribution in [0.2, 0.25) is 5.02 Å². The Labute approximate surface area is 129 Å². The van der Waals surface area contributed by atoms with Gasteiger partial charge in [-0.15, -0.1) is 0 Å². The molecule has 4 heteroatoms. The molecule has 108 valence electrons. The average molecular weight is 301 g/mol. The first-order valence-corrected chi connectivity index (χ1v) is 7.38. The van der Waals surface area contributed by atoms with Crippen LogP contribution in [0, 0.1) is 6.92 Å². The molecule has 1 heterocycles. The molecule has 3 nitrogen and oxygen atoms in total. The molecule has 1 N–H and O–H groups in total. The third-order valence-electron chi connectivity index (χ3n) is 3.85. The van der Waals surface area contributed by atoms with Gasteiger partial charge in [0.05, 0.1) is 0 Å². The average Bonchev–Trinajstić information content (AvgIpc) is 2.78. The second-order valence-corrected chi connectivity index (χ2v) is 5.85. The molecule has 2 amide bonds. The Hall–Kier alpha value is -2.00. The number of carbonyl (C=O) groups is 1. The van der Waals surface area contributed by atoms with Gasteiger partial charge < -0.3 is 5.32 Å². The Kier molecular flexibility index (Phi) is 3.60. The van der Waals surface area contributed by atoms with E-state index in [1.54, 1.807) is 6.07 Å². The van der Waals surface area contributed by atoms with Crippen molar-refractivity contribution in [1.29, 1.82) is 0 Å². The maximum atomic E-state index is 12.6. The smallest absolute Gasteiger partial charge is 0.307 e. The zero-order chi connectivity index (χ0) is 15.0. The van der Waals surface area contributed by atoms with Crippen molar-refractivity contribution < 1.29 is 4.79 Å². The fourth-order valence-corrected chi connectivity index (χ4v) is 2.91. The molecule has 2 aromatic rings. The van der Waals surface area contributed by atoms with Crippen molar-refractivity contribution >= 4 is 29.0 Å². The quantitative estimate of drug-likeness (QED) is 0.818. The van der Waals surface area contributed by atoms with Crippen LogP contribution in [0.4, 0.5) is 16.2 Å². The summed E-state index contributed by atoms with van der Waals surface area (Å²) in [7, 11) is 0. The normalized spacial score (nSPS) is 16.7. The van der Waals surface area contributed by atoms with Gasteiger partial charge in [-0.3, -0.25) is 4.90 Å². The molecular formula is C17H17ClN2O. The molecule has 1 atom stereocenters. The first-order valence-electron chi connectivity index (χ1n) is 7.00. The molecule has 0 spiro atoms. The number of aryl methyl sites for hydroxylation is 1. The van der Waals surface area contributed by atoms with E-state index in [4.69, 9.17) is 11.6 Å². The Morgan fingerprint density at radius 3 is 2.81 bits per heavy atom. The molecular weight excluding hydrogens is 284 g/mol. The van der Waals surface area contributed by atoms with Crippen LogP contribution in [0.25, 0.3) is 0 Å². The topological polar surface area (TPSA) is 32.3 Å². The molecule has 1 aliphatic heterocycles. The van der Waals surface area contributed by atoms with E-state index in [9.17, 15) is 4.79 Å². The van der Waals surface area contributed by atoms with Crippen molar-refractivity contribution in [3.63, 3.8) is 0 Å². The second kappa shape index (κ2) is 5.41. The van der Waals surface area contributed by atoms with E-state index in [1.165, 1.54) is 5.56 Å². The van der Waals surface area contributed by atoms with Crippen molar-refractivity contribution in [2.75, 3.05) is 10.2 Å². The number of hydrogen-bond donors (Lipinski definition) is 1. The Bertz CT molecular complexity index is 699. The van der Waals surface area contributed by atoms with Gasteiger partial charge in [-0.2, -0.15) is 0 Å². The Morgan fingerprint density at radius 1 is 1.29 bits per heavy atom. The van der Waals surface area contributed by atoms with Gasteiger partial charge >= 0.3 is 6.03 Å². The van der Waals surface area contributed by atoms with E-state index < -0.39 is 0 Å². The van der Waals surface area contributed by atoms with Crippen molar-refractivity contribution in [1.82, 2.24) is 0 Å². The number of hydrogen-bond acceptors (Lipinski definition) is 1. The summed E-state index contributed by atoms with van der Waals surface area (Å²) >= 11 is 6.10. The van der Waals surface area contributed by atoms with Gasteiger partial charge in [0.25, 0.3) is 0 Å². The maximum Gasteiger partial charge on any atom is 0.326 e. The maximum absolute atomic E-state index is 12.6. The minimum atomic E-state index is -0.118. The number of benzene rings is 2. The zero-order valence-corrected chi connectivity index (χ0v) is 12.8. The number of amides is 2. The van der Waals surface area contributed by atoms with Crippen LogP contribution in [0.3, 0.4) is 0 Å². The van der Waals surface area contributed by atoms with Gasteiger partial charge in [0.2, 0.25) is 0 Å². The Morgan fingerprint density at radius 2 is 2.05 bits per heavy atom. The summed E-state index contributed by atoms with van der Waals surface area (Å²) in [5, 5.41) is 3.58. The third-order valence-corrected chi connectivity index (χ3v) is 4.26. The number of nitrogens with zero attached hydrogens (tertiary/aromatic N) is 1. The van der Waals surface area contributed by atoms with Gasteiger partial charge in [0.15, 0.2) is 0 Å². The molecule has 0 aliphatic carbocycles. The molecule has 0 radical (unpaired) electrons. The fraction of sp³-hybridized carbons (Fsp3) is 0.235. The first kappa shape index (κ1) is 14.0. The number of urea groups is 1. The molecule has 0 saturated heterocycles. The molecule has 2 aromatic carbocycles. The van der Waals surface area contributed by atoms with E-state index in [1.807, 2.05) is 42.2 Å². The number of rotatable bonds is 1. The molecule has 3 rings (SSSR count). The highest BCUT2D eigenvalue weighted by molar-refractivity contribution is 6.31. The van der Waals surface area contributed by atoms with Crippen molar-refractivity contribution in [2.45, 2.75) is 26.3 Å². The van der Waals surface area contributed by atoms with Crippen LogP contribution in [-0.4, -0.2) is 12.1 Å². The summed E-state index contributed by atoms with van der Waals surface area (Å²) in [6.07, 6.45) is 0.887.